The fourth-order valence-corrected chi connectivity index (χ4v) is 3.01. The van der Waals surface area contributed by atoms with Crippen molar-refractivity contribution in [1.82, 2.24) is 5.32 Å². The standard InChI is InChI=1S/C19H29NO5/c1-6-13(7-2)12(3)19(23)20-15(11-18(21)22)14-8-9-16(24-4)17(10-14)25-5/h8-10,12-13,15H,6-7,11H2,1-5H3,(H,20,23)(H,21,22). The molecule has 6 heteroatoms. The highest BCUT2D eigenvalue weighted by Crippen LogP contribution is 2.31. The van der Waals surface area contributed by atoms with E-state index < -0.39 is 12.0 Å². The molecule has 2 unspecified atom stereocenters. The largest absolute Gasteiger partial charge is 0.493 e. The van der Waals surface area contributed by atoms with Crippen LogP contribution in [0, 0.1) is 11.8 Å². The second-order valence-electron chi connectivity index (χ2n) is 6.14. The van der Waals surface area contributed by atoms with E-state index in [4.69, 9.17) is 9.47 Å². The average Bonchev–Trinajstić information content (AvgIpc) is 2.60. The van der Waals surface area contributed by atoms with Crippen LogP contribution in [0.5, 0.6) is 11.5 Å². The van der Waals surface area contributed by atoms with E-state index in [9.17, 15) is 14.7 Å². The number of hydrogen-bond donors (Lipinski definition) is 2. The minimum atomic E-state index is -0.977. The number of nitrogens with one attached hydrogen (secondary N) is 1. The predicted octanol–water partition coefficient (Wildman–Crippen LogP) is 3.41. The molecule has 0 aliphatic heterocycles. The number of ether oxygens (including phenoxy) is 2. The van der Waals surface area contributed by atoms with Crippen LogP contribution in [0.4, 0.5) is 0 Å². The molecule has 25 heavy (non-hydrogen) atoms. The molecule has 1 amide bonds. The highest BCUT2D eigenvalue weighted by molar-refractivity contribution is 5.80. The number of aliphatic carboxylic acids is 1. The van der Waals surface area contributed by atoms with Crippen LogP contribution in [0.1, 0.15) is 51.6 Å². The molecule has 0 radical (unpaired) electrons. The summed E-state index contributed by atoms with van der Waals surface area (Å²) in [5.41, 5.74) is 0.671. The minimum Gasteiger partial charge on any atom is -0.493 e. The molecule has 0 fully saturated rings. The van der Waals surface area contributed by atoms with Gasteiger partial charge in [0.2, 0.25) is 5.91 Å². The number of carboxylic acids is 1. The van der Waals surface area contributed by atoms with Crippen LogP contribution >= 0.6 is 0 Å². The first-order chi connectivity index (χ1) is 11.9. The summed E-state index contributed by atoms with van der Waals surface area (Å²) in [6.07, 6.45) is 1.62. The van der Waals surface area contributed by atoms with Gasteiger partial charge in [-0.1, -0.05) is 39.7 Å². The smallest absolute Gasteiger partial charge is 0.305 e. The van der Waals surface area contributed by atoms with E-state index in [1.54, 1.807) is 18.2 Å². The van der Waals surface area contributed by atoms with E-state index in [0.29, 0.717) is 17.1 Å². The maximum Gasteiger partial charge on any atom is 0.305 e. The van der Waals surface area contributed by atoms with Crippen molar-refractivity contribution >= 4 is 11.9 Å². The molecule has 1 aromatic rings. The summed E-state index contributed by atoms with van der Waals surface area (Å²) in [5.74, 6) is 0.0436. The van der Waals surface area contributed by atoms with E-state index in [0.717, 1.165) is 12.8 Å². The Morgan fingerprint density at radius 1 is 1.12 bits per heavy atom. The molecule has 0 aliphatic carbocycles. The average molecular weight is 351 g/mol. The summed E-state index contributed by atoms with van der Waals surface area (Å²) < 4.78 is 10.5. The van der Waals surface area contributed by atoms with Gasteiger partial charge in [-0.2, -0.15) is 0 Å². The number of benzene rings is 1. The van der Waals surface area contributed by atoms with Crippen molar-refractivity contribution in [1.29, 1.82) is 0 Å². The summed E-state index contributed by atoms with van der Waals surface area (Å²) in [6, 6.07) is 4.53. The van der Waals surface area contributed by atoms with Crippen LogP contribution in [-0.4, -0.2) is 31.2 Å². The Morgan fingerprint density at radius 3 is 2.20 bits per heavy atom. The Hall–Kier alpha value is -2.24. The molecule has 140 valence electrons. The molecule has 6 nitrogen and oxygen atoms in total. The first-order valence-corrected chi connectivity index (χ1v) is 8.61. The van der Waals surface area contributed by atoms with E-state index in [-0.39, 0.29) is 24.2 Å². The summed E-state index contributed by atoms with van der Waals surface area (Å²) in [5, 5.41) is 12.1. The lowest BCUT2D eigenvalue weighted by Gasteiger charge is -2.25. The van der Waals surface area contributed by atoms with Gasteiger partial charge in [-0.05, 0) is 23.6 Å². The Kier molecular flexibility index (Phi) is 8.25. The summed E-state index contributed by atoms with van der Waals surface area (Å²) in [6.45, 7) is 6.00. The Labute approximate surface area is 149 Å². The van der Waals surface area contributed by atoms with Crippen molar-refractivity contribution in [3.8, 4) is 11.5 Å². The molecule has 0 spiro atoms. The first kappa shape index (κ1) is 20.8. The lowest BCUT2D eigenvalue weighted by molar-refractivity contribution is -0.138. The van der Waals surface area contributed by atoms with E-state index in [2.05, 4.69) is 19.2 Å². The molecule has 2 atom stereocenters. The van der Waals surface area contributed by atoms with Crippen LogP contribution in [0.15, 0.2) is 18.2 Å². The van der Waals surface area contributed by atoms with Gasteiger partial charge in [-0.3, -0.25) is 9.59 Å². The molecule has 1 aromatic carbocycles. The van der Waals surface area contributed by atoms with Gasteiger partial charge in [0.05, 0.1) is 26.7 Å². The molecule has 0 aliphatic rings. The van der Waals surface area contributed by atoms with Crippen molar-refractivity contribution in [2.75, 3.05) is 14.2 Å². The molecule has 1 rings (SSSR count). The molecule has 0 saturated carbocycles. The Morgan fingerprint density at radius 2 is 1.72 bits per heavy atom. The van der Waals surface area contributed by atoms with Crippen LogP contribution in [0.2, 0.25) is 0 Å². The van der Waals surface area contributed by atoms with Gasteiger partial charge >= 0.3 is 5.97 Å². The Balaban J connectivity index is 3.05. The quantitative estimate of drug-likeness (QED) is 0.675. The molecule has 0 saturated heterocycles. The van der Waals surface area contributed by atoms with Gasteiger partial charge in [-0.15, -0.1) is 0 Å². The fourth-order valence-electron chi connectivity index (χ4n) is 3.01. The van der Waals surface area contributed by atoms with Crippen molar-refractivity contribution in [3.05, 3.63) is 23.8 Å². The lowest BCUT2D eigenvalue weighted by Crippen LogP contribution is -2.36. The van der Waals surface area contributed by atoms with Crippen LogP contribution in [0.25, 0.3) is 0 Å². The number of rotatable bonds is 10. The maximum atomic E-state index is 12.6. The lowest BCUT2D eigenvalue weighted by atomic mass is 9.88. The molecular formula is C19H29NO5. The minimum absolute atomic E-state index is 0.130. The molecular weight excluding hydrogens is 322 g/mol. The van der Waals surface area contributed by atoms with Crippen molar-refractivity contribution in [3.63, 3.8) is 0 Å². The van der Waals surface area contributed by atoms with E-state index in [1.165, 1.54) is 14.2 Å². The van der Waals surface area contributed by atoms with Crippen LogP contribution < -0.4 is 14.8 Å². The number of carbonyl (C=O) groups is 2. The Bertz CT molecular complexity index is 583. The van der Waals surface area contributed by atoms with E-state index >= 15 is 0 Å². The summed E-state index contributed by atoms with van der Waals surface area (Å²) in [7, 11) is 3.05. The van der Waals surface area contributed by atoms with E-state index in [1.807, 2.05) is 6.92 Å². The summed E-state index contributed by atoms with van der Waals surface area (Å²) >= 11 is 0. The highest BCUT2D eigenvalue weighted by atomic mass is 16.5. The van der Waals surface area contributed by atoms with Crippen molar-refractivity contribution in [2.24, 2.45) is 11.8 Å². The second-order valence-corrected chi connectivity index (χ2v) is 6.14. The summed E-state index contributed by atoms with van der Waals surface area (Å²) in [4.78, 5) is 23.8. The first-order valence-electron chi connectivity index (χ1n) is 8.61. The third-order valence-electron chi connectivity index (χ3n) is 4.67. The van der Waals surface area contributed by atoms with Crippen molar-refractivity contribution in [2.45, 2.75) is 46.1 Å². The number of carboxylic acid groups (broad SMARTS) is 1. The topological polar surface area (TPSA) is 84.9 Å². The van der Waals surface area contributed by atoms with Gasteiger partial charge < -0.3 is 19.9 Å². The molecule has 0 heterocycles. The third-order valence-corrected chi connectivity index (χ3v) is 4.67. The van der Waals surface area contributed by atoms with Crippen molar-refractivity contribution < 1.29 is 24.2 Å². The molecule has 0 bridgehead atoms. The monoisotopic (exact) mass is 351 g/mol. The zero-order valence-electron chi connectivity index (χ0n) is 15.7. The van der Waals surface area contributed by atoms with Gasteiger partial charge in [0, 0.05) is 5.92 Å². The number of hydrogen-bond acceptors (Lipinski definition) is 4. The number of carbonyl (C=O) groups excluding carboxylic acids is 1. The highest BCUT2D eigenvalue weighted by Gasteiger charge is 2.26. The third kappa shape index (κ3) is 5.66. The van der Waals surface area contributed by atoms with Gasteiger partial charge in [0.25, 0.3) is 0 Å². The van der Waals surface area contributed by atoms with Gasteiger partial charge in [0.1, 0.15) is 0 Å². The predicted molar refractivity (Wildman–Crippen MR) is 95.9 cm³/mol. The molecule has 0 aromatic heterocycles. The number of amides is 1. The SMILES string of the molecule is CCC(CC)C(C)C(=O)NC(CC(=O)O)c1ccc(OC)c(OC)c1. The molecule has 2 N–H and O–H groups in total. The zero-order chi connectivity index (χ0) is 19.0. The number of methoxy groups -OCH3 is 2. The zero-order valence-corrected chi connectivity index (χ0v) is 15.7. The fraction of sp³-hybridized carbons (Fsp3) is 0.579. The van der Waals surface area contributed by atoms with Crippen LogP contribution in [0.3, 0.4) is 0 Å². The normalized spacial score (nSPS) is 13.2. The van der Waals surface area contributed by atoms with Gasteiger partial charge in [0.15, 0.2) is 11.5 Å². The van der Waals surface area contributed by atoms with Crippen LogP contribution in [-0.2, 0) is 9.59 Å². The van der Waals surface area contributed by atoms with Gasteiger partial charge in [-0.25, -0.2) is 0 Å². The second kappa shape index (κ2) is 9.91. The maximum absolute atomic E-state index is 12.6.